The van der Waals surface area contributed by atoms with Gasteiger partial charge in [-0.25, -0.2) is 4.68 Å². The summed E-state index contributed by atoms with van der Waals surface area (Å²) in [6.07, 6.45) is 1.53. The molecule has 1 aromatic carbocycles. The van der Waals surface area contributed by atoms with Gasteiger partial charge in [0.1, 0.15) is 0 Å². The molecule has 0 radical (unpaired) electrons. The second-order valence-electron chi connectivity index (χ2n) is 7.55. The van der Waals surface area contributed by atoms with Crippen LogP contribution in [0.1, 0.15) is 27.5 Å². The lowest BCUT2D eigenvalue weighted by molar-refractivity contribution is 0.0657. The van der Waals surface area contributed by atoms with Crippen LogP contribution < -0.4 is 5.32 Å². The molecule has 1 fully saturated rings. The summed E-state index contributed by atoms with van der Waals surface area (Å²) in [6.45, 7) is 7.45. The van der Waals surface area contributed by atoms with Crippen LogP contribution in [0.25, 0.3) is 5.69 Å². The van der Waals surface area contributed by atoms with Gasteiger partial charge >= 0.3 is 0 Å². The maximum Gasteiger partial charge on any atom is 0.289 e. The number of carbonyl (C=O) groups is 1. The number of piperazine rings is 1. The summed E-state index contributed by atoms with van der Waals surface area (Å²) in [4.78, 5) is 20.9. The van der Waals surface area contributed by atoms with Gasteiger partial charge in [-0.1, -0.05) is 18.2 Å². The third-order valence-corrected chi connectivity index (χ3v) is 5.68. The first-order chi connectivity index (χ1) is 15.1. The van der Waals surface area contributed by atoms with Gasteiger partial charge in [0, 0.05) is 51.0 Å². The van der Waals surface area contributed by atoms with Crippen molar-refractivity contribution in [2.75, 3.05) is 33.2 Å². The highest BCUT2D eigenvalue weighted by Crippen LogP contribution is 2.18. The average molecular weight is 421 g/mol. The monoisotopic (exact) mass is 420 g/mol. The van der Waals surface area contributed by atoms with Gasteiger partial charge in [-0.3, -0.25) is 9.79 Å². The molecule has 0 spiro atoms. The topological polar surface area (TPSA) is 78.9 Å². The van der Waals surface area contributed by atoms with E-state index in [0.717, 1.165) is 28.6 Å². The highest BCUT2D eigenvalue weighted by atomic mass is 16.3. The Morgan fingerprint density at radius 3 is 2.42 bits per heavy atom. The number of nitrogens with one attached hydrogen (secondary N) is 1. The normalized spacial score (nSPS) is 14.7. The first kappa shape index (κ1) is 20.7. The second-order valence-corrected chi connectivity index (χ2v) is 7.55. The molecule has 0 unspecified atom stereocenters. The van der Waals surface area contributed by atoms with Crippen molar-refractivity contribution >= 4 is 11.9 Å². The van der Waals surface area contributed by atoms with Gasteiger partial charge in [0.05, 0.1) is 17.6 Å². The van der Waals surface area contributed by atoms with E-state index in [0.29, 0.717) is 38.5 Å². The number of rotatable bonds is 4. The zero-order valence-electron chi connectivity index (χ0n) is 18.2. The fourth-order valence-corrected chi connectivity index (χ4v) is 3.93. The molecule has 31 heavy (non-hydrogen) atoms. The maximum atomic E-state index is 12.5. The van der Waals surface area contributed by atoms with Crippen LogP contribution in [0.3, 0.4) is 0 Å². The molecule has 3 heterocycles. The maximum absolute atomic E-state index is 12.5. The molecule has 3 aromatic rings. The summed E-state index contributed by atoms with van der Waals surface area (Å²) in [5.74, 6) is 1.15. The molecule has 0 aliphatic carbocycles. The molecule has 0 bridgehead atoms. The van der Waals surface area contributed by atoms with Crippen LogP contribution in [-0.4, -0.2) is 64.7 Å². The zero-order chi connectivity index (χ0) is 21.8. The number of aliphatic imine (C=N–C) groups is 1. The molecule has 0 saturated carbocycles. The zero-order valence-corrected chi connectivity index (χ0v) is 18.2. The van der Waals surface area contributed by atoms with Crippen molar-refractivity contribution < 1.29 is 9.21 Å². The molecule has 8 nitrogen and oxygen atoms in total. The largest absolute Gasteiger partial charge is 0.459 e. The minimum atomic E-state index is -0.0628. The lowest BCUT2D eigenvalue weighted by Gasteiger charge is -2.36. The molecule has 1 amide bonds. The summed E-state index contributed by atoms with van der Waals surface area (Å²) < 4.78 is 7.22. The van der Waals surface area contributed by atoms with Gasteiger partial charge < -0.3 is 19.5 Å². The Kier molecular flexibility index (Phi) is 6.06. The van der Waals surface area contributed by atoms with Crippen LogP contribution in [0, 0.1) is 13.8 Å². The Morgan fingerprint density at radius 2 is 1.77 bits per heavy atom. The lowest BCUT2D eigenvalue weighted by atomic mass is 10.2. The molecule has 1 aliphatic rings. The number of aryl methyl sites for hydroxylation is 1. The summed E-state index contributed by atoms with van der Waals surface area (Å²) in [7, 11) is 1.79. The number of aromatic nitrogens is 2. The third-order valence-electron chi connectivity index (χ3n) is 5.68. The van der Waals surface area contributed by atoms with Crippen molar-refractivity contribution in [1.29, 1.82) is 0 Å². The number of guanidine groups is 1. The number of hydrogen-bond donors (Lipinski definition) is 1. The number of benzene rings is 1. The van der Waals surface area contributed by atoms with Crippen molar-refractivity contribution in [3.8, 4) is 5.69 Å². The molecule has 1 aliphatic heterocycles. The smallest absolute Gasteiger partial charge is 0.289 e. The van der Waals surface area contributed by atoms with E-state index in [9.17, 15) is 4.79 Å². The van der Waals surface area contributed by atoms with Crippen LogP contribution in [0.2, 0.25) is 0 Å². The molecular weight excluding hydrogens is 392 g/mol. The molecular formula is C23H28N6O2. The van der Waals surface area contributed by atoms with Crippen molar-refractivity contribution in [3.63, 3.8) is 0 Å². The quantitative estimate of drug-likeness (QED) is 0.519. The number of carbonyl (C=O) groups excluding carboxylic acids is 1. The van der Waals surface area contributed by atoms with Crippen LogP contribution in [-0.2, 0) is 6.54 Å². The average Bonchev–Trinajstić information content (AvgIpc) is 3.44. The van der Waals surface area contributed by atoms with Crippen molar-refractivity contribution in [2.24, 2.45) is 4.99 Å². The molecule has 8 heteroatoms. The highest BCUT2D eigenvalue weighted by Gasteiger charge is 2.25. The summed E-state index contributed by atoms with van der Waals surface area (Å²) in [5.41, 5.74) is 4.33. The van der Waals surface area contributed by atoms with Crippen LogP contribution in [0.5, 0.6) is 0 Å². The summed E-state index contributed by atoms with van der Waals surface area (Å²) >= 11 is 0. The fourth-order valence-electron chi connectivity index (χ4n) is 3.93. The lowest BCUT2D eigenvalue weighted by Crippen LogP contribution is -2.53. The van der Waals surface area contributed by atoms with E-state index in [1.54, 1.807) is 19.2 Å². The SMILES string of the molecule is CN=C(NCc1c(C)nn(-c2ccccc2)c1C)N1CCN(C(=O)c2ccco2)CC1. The molecule has 1 N–H and O–H groups in total. The Balaban J connectivity index is 1.38. The highest BCUT2D eigenvalue weighted by molar-refractivity contribution is 5.91. The van der Waals surface area contributed by atoms with Gasteiger partial charge in [0.15, 0.2) is 11.7 Å². The molecule has 162 valence electrons. The van der Waals surface area contributed by atoms with Crippen LogP contribution in [0.15, 0.2) is 58.1 Å². The third kappa shape index (κ3) is 4.33. The van der Waals surface area contributed by atoms with E-state index in [4.69, 9.17) is 9.52 Å². The Morgan fingerprint density at radius 1 is 1.06 bits per heavy atom. The van der Waals surface area contributed by atoms with E-state index in [2.05, 4.69) is 34.3 Å². The molecule has 0 atom stereocenters. The van der Waals surface area contributed by atoms with Crippen molar-refractivity contribution in [3.05, 3.63) is 71.4 Å². The van der Waals surface area contributed by atoms with E-state index in [1.165, 1.54) is 6.26 Å². The molecule has 2 aromatic heterocycles. The van der Waals surface area contributed by atoms with Gasteiger partial charge in [0.25, 0.3) is 5.91 Å². The number of nitrogens with zero attached hydrogens (tertiary/aromatic N) is 5. The van der Waals surface area contributed by atoms with Gasteiger partial charge in [0.2, 0.25) is 0 Å². The van der Waals surface area contributed by atoms with Gasteiger partial charge in [-0.2, -0.15) is 5.10 Å². The van der Waals surface area contributed by atoms with Crippen LogP contribution >= 0.6 is 0 Å². The van der Waals surface area contributed by atoms with E-state index < -0.39 is 0 Å². The van der Waals surface area contributed by atoms with Crippen LogP contribution in [0.4, 0.5) is 0 Å². The fraction of sp³-hybridized carbons (Fsp3) is 0.348. The van der Waals surface area contributed by atoms with Gasteiger partial charge in [-0.05, 0) is 38.1 Å². The van der Waals surface area contributed by atoms with E-state index in [-0.39, 0.29) is 5.91 Å². The number of hydrogen-bond acceptors (Lipinski definition) is 4. The van der Waals surface area contributed by atoms with E-state index >= 15 is 0 Å². The summed E-state index contributed by atoms with van der Waals surface area (Å²) in [5, 5.41) is 8.19. The Hall–Kier alpha value is -3.55. The Bertz CT molecular complexity index is 1050. The first-order valence-corrected chi connectivity index (χ1v) is 10.5. The van der Waals surface area contributed by atoms with Gasteiger partial charge in [-0.15, -0.1) is 0 Å². The number of furan rings is 1. The minimum Gasteiger partial charge on any atom is -0.459 e. The van der Waals surface area contributed by atoms with Crippen molar-refractivity contribution in [1.82, 2.24) is 24.9 Å². The minimum absolute atomic E-state index is 0.0628. The standard InChI is InChI=1S/C23H28N6O2/c1-17-20(18(2)29(26-17)19-8-5-4-6-9-19)16-25-23(24-3)28-13-11-27(12-14-28)22(30)21-10-7-15-31-21/h4-10,15H,11-14,16H2,1-3H3,(H,24,25). The molecule has 4 rings (SSSR count). The predicted molar refractivity (Wildman–Crippen MR) is 119 cm³/mol. The number of amides is 1. The predicted octanol–water partition coefficient (Wildman–Crippen LogP) is 2.62. The van der Waals surface area contributed by atoms with E-state index in [1.807, 2.05) is 34.7 Å². The Labute approximate surface area is 182 Å². The second kappa shape index (κ2) is 9.07. The first-order valence-electron chi connectivity index (χ1n) is 10.5. The molecule has 1 saturated heterocycles. The van der Waals surface area contributed by atoms with Crippen molar-refractivity contribution in [2.45, 2.75) is 20.4 Å². The number of para-hydroxylation sites is 1. The summed E-state index contributed by atoms with van der Waals surface area (Å²) in [6, 6.07) is 13.6.